The first-order valence-corrected chi connectivity index (χ1v) is 6.37. The van der Waals surface area contributed by atoms with Gasteiger partial charge in [0.2, 0.25) is 0 Å². The molecular formula is C12H19ClN4. The lowest BCUT2D eigenvalue weighted by atomic mass is 9.85. The first-order valence-electron chi connectivity index (χ1n) is 5.99. The Morgan fingerprint density at radius 2 is 2.29 bits per heavy atom. The number of nitrogens with one attached hydrogen (secondary N) is 1. The summed E-state index contributed by atoms with van der Waals surface area (Å²) in [6.45, 7) is 1.89. The molecule has 0 saturated heterocycles. The number of hydrogen-bond acceptors (Lipinski definition) is 4. The first-order chi connectivity index (χ1) is 8.19. The Labute approximate surface area is 107 Å². The fourth-order valence-corrected chi connectivity index (χ4v) is 2.28. The van der Waals surface area contributed by atoms with Crippen molar-refractivity contribution in [3.05, 3.63) is 22.8 Å². The number of nitrogens with zero attached hydrogens (tertiary/aromatic N) is 2. The van der Waals surface area contributed by atoms with E-state index in [1.165, 1.54) is 19.3 Å². The van der Waals surface area contributed by atoms with Gasteiger partial charge in [0.25, 0.3) is 0 Å². The van der Waals surface area contributed by atoms with E-state index in [0.29, 0.717) is 10.8 Å². The van der Waals surface area contributed by atoms with E-state index in [-0.39, 0.29) is 0 Å². The van der Waals surface area contributed by atoms with E-state index in [1.807, 2.05) is 6.07 Å². The van der Waals surface area contributed by atoms with E-state index in [2.05, 4.69) is 22.4 Å². The topological polar surface area (TPSA) is 54.2 Å². The van der Waals surface area contributed by atoms with Crippen molar-refractivity contribution in [2.75, 3.05) is 19.0 Å². The maximum absolute atomic E-state index is 6.12. The molecule has 0 bridgehead atoms. The van der Waals surface area contributed by atoms with E-state index in [4.69, 9.17) is 17.4 Å². The zero-order chi connectivity index (χ0) is 12.3. The van der Waals surface area contributed by atoms with Crippen molar-refractivity contribution in [3.63, 3.8) is 0 Å². The lowest BCUT2D eigenvalue weighted by Crippen LogP contribution is -2.29. The molecule has 2 rings (SSSR count). The van der Waals surface area contributed by atoms with Gasteiger partial charge < -0.3 is 10.3 Å². The number of nitrogens with two attached hydrogens (primary N) is 1. The molecule has 1 aromatic heterocycles. The highest BCUT2D eigenvalue weighted by Gasteiger charge is 2.19. The SMILES string of the molecule is CN(Cc1nc(NN)ccc1Cl)CC1CCC1. The van der Waals surface area contributed by atoms with Crippen molar-refractivity contribution in [1.82, 2.24) is 9.88 Å². The second-order valence-corrected chi connectivity index (χ2v) is 5.17. The second-order valence-electron chi connectivity index (χ2n) is 4.76. The van der Waals surface area contributed by atoms with Gasteiger partial charge in [0.1, 0.15) is 5.82 Å². The maximum atomic E-state index is 6.12. The monoisotopic (exact) mass is 254 g/mol. The van der Waals surface area contributed by atoms with Crippen LogP contribution in [0.25, 0.3) is 0 Å². The van der Waals surface area contributed by atoms with Crippen molar-refractivity contribution >= 4 is 17.4 Å². The fourth-order valence-electron chi connectivity index (χ4n) is 2.11. The molecule has 1 saturated carbocycles. The van der Waals surface area contributed by atoms with Crippen LogP contribution in [0.1, 0.15) is 25.0 Å². The molecule has 0 unspecified atom stereocenters. The number of nitrogen functional groups attached to an aromatic ring is 1. The van der Waals surface area contributed by atoms with Crippen LogP contribution in [0.15, 0.2) is 12.1 Å². The molecule has 5 heteroatoms. The third-order valence-electron chi connectivity index (χ3n) is 3.28. The van der Waals surface area contributed by atoms with Gasteiger partial charge in [-0.3, -0.25) is 0 Å². The Morgan fingerprint density at radius 3 is 2.88 bits per heavy atom. The lowest BCUT2D eigenvalue weighted by Gasteiger charge is -2.30. The highest BCUT2D eigenvalue weighted by Crippen LogP contribution is 2.27. The number of hydrazine groups is 1. The van der Waals surface area contributed by atoms with E-state index in [0.717, 1.165) is 24.7 Å². The van der Waals surface area contributed by atoms with Gasteiger partial charge in [-0.15, -0.1) is 0 Å². The van der Waals surface area contributed by atoms with Crippen LogP contribution in [-0.2, 0) is 6.54 Å². The summed E-state index contributed by atoms with van der Waals surface area (Å²) in [6, 6.07) is 3.61. The highest BCUT2D eigenvalue weighted by molar-refractivity contribution is 6.31. The van der Waals surface area contributed by atoms with Gasteiger partial charge in [0, 0.05) is 13.1 Å². The largest absolute Gasteiger partial charge is 0.308 e. The molecule has 94 valence electrons. The van der Waals surface area contributed by atoms with Crippen LogP contribution < -0.4 is 11.3 Å². The minimum Gasteiger partial charge on any atom is -0.308 e. The zero-order valence-electron chi connectivity index (χ0n) is 10.1. The molecule has 1 aromatic rings. The summed E-state index contributed by atoms with van der Waals surface area (Å²) in [5, 5.41) is 0.699. The summed E-state index contributed by atoms with van der Waals surface area (Å²) in [7, 11) is 2.11. The molecule has 1 aliphatic rings. The molecule has 1 fully saturated rings. The van der Waals surface area contributed by atoms with Crippen LogP contribution in [0, 0.1) is 5.92 Å². The molecule has 3 N–H and O–H groups in total. The molecule has 1 heterocycles. The molecule has 0 radical (unpaired) electrons. The van der Waals surface area contributed by atoms with Gasteiger partial charge >= 0.3 is 0 Å². The van der Waals surface area contributed by atoms with Crippen molar-refractivity contribution in [3.8, 4) is 0 Å². The number of hydrogen-bond donors (Lipinski definition) is 2. The lowest BCUT2D eigenvalue weighted by molar-refractivity contribution is 0.199. The Morgan fingerprint density at radius 1 is 1.53 bits per heavy atom. The number of halogens is 1. The predicted octanol–water partition coefficient (Wildman–Crippen LogP) is 2.25. The van der Waals surface area contributed by atoms with Crippen molar-refractivity contribution in [2.45, 2.75) is 25.8 Å². The minimum absolute atomic E-state index is 0.654. The molecule has 0 amide bonds. The van der Waals surface area contributed by atoms with Gasteiger partial charge in [-0.25, -0.2) is 10.8 Å². The Kier molecular flexibility index (Phi) is 4.20. The van der Waals surface area contributed by atoms with Gasteiger partial charge in [0.05, 0.1) is 10.7 Å². The van der Waals surface area contributed by atoms with Crippen LogP contribution in [0.5, 0.6) is 0 Å². The number of aromatic nitrogens is 1. The summed E-state index contributed by atoms with van der Waals surface area (Å²) >= 11 is 6.12. The molecule has 0 aliphatic heterocycles. The zero-order valence-corrected chi connectivity index (χ0v) is 10.9. The Hall–Kier alpha value is -0.840. The van der Waals surface area contributed by atoms with Gasteiger partial charge in [-0.2, -0.15) is 0 Å². The molecule has 17 heavy (non-hydrogen) atoms. The van der Waals surface area contributed by atoms with Crippen LogP contribution >= 0.6 is 11.6 Å². The van der Waals surface area contributed by atoms with Crippen molar-refractivity contribution in [2.24, 2.45) is 11.8 Å². The molecular weight excluding hydrogens is 236 g/mol. The van der Waals surface area contributed by atoms with Crippen molar-refractivity contribution < 1.29 is 0 Å². The van der Waals surface area contributed by atoms with Crippen LogP contribution in [0.4, 0.5) is 5.82 Å². The quantitative estimate of drug-likeness (QED) is 0.625. The number of pyridine rings is 1. The molecule has 0 aromatic carbocycles. The van der Waals surface area contributed by atoms with Crippen LogP contribution in [-0.4, -0.2) is 23.5 Å². The van der Waals surface area contributed by atoms with Gasteiger partial charge in [-0.05, 0) is 37.9 Å². The summed E-state index contributed by atoms with van der Waals surface area (Å²) in [5.74, 6) is 6.85. The minimum atomic E-state index is 0.654. The average molecular weight is 255 g/mol. The first kappa shape index (κ1) is 12.6. The highest BCUT2D eigenvalue weighted by atomic mass is 35.5. The van der Waals surface area contributed by atoms with Gasteiger partial charge in [-0.1, -0.05) is 18.0 Å². The Balaban J connectivity index is 1.96. The Bertz CT molecular complexity index is 379. The standard InChI is InChI=1S/C12H19ClN4/c1-17(7-9-3-2-4-9)8-11-10(13)5-6-12(15-11)16-14/h5-6,9H,2-4,7-8,14H2,1H3,(H,15,16). The van der Waals surface area contributed by atoms with Gasteiger partial charge in [0.15, 0.2) is 0 Å². The van der Waals surface area contributed by atoms with E-state index in [9.17, 15) is 0 Å². The van der Waals surface area contributed by atoms with E-state index in [1.54, 1.807) is 6.07 Å². The number of anilines is 1. The summed E-state index contributed by atoms with van der Waals surface area (Å²) in [6.07, 6.45) is 4.09. The van der Waals surface area contributed by atoms with E-state index >= 15 is 0 Å². The normalized spacial score (nSPS) is 16.0. The summed E-state index contributed by atoms with van der Waals surface area (Å²) in [4.78, 5) is 6.65. The van der Waals surface area contributed by atoms with E-state index < -0.39 is 0 Å². The molecule has 0 atom stereocenters. The third-order valence-corrected chi connectivity index (χ3v) is 3.62. The fraction of sp³-hybridized carbons (Fsp3) is 0.583. The molecule has 1 aliphatic carbocycles. The summed E-state index contributed by atoms with van der Waals surface area (Å²) < 4.78 is 0. The maximum Gasteiger partial charge on any atom is 0.140 e. The van der Waals surface area contributed by atoms with Crippen LogP contribution in [0.3, 0.4) is 0 Å². The average Bonchev–Trinajstić information content (AvgIpc) is 2.27. The van der Waals surface area contributed by atoms with Crippen LogP contribution in [0.2, 0.25) is 5.02 Å². The number of rotatable bonds is 5. The third kappa shape index (κ3) is 3.31. The smallest absolute Gasteiger partial charge is 0.140 e. The van der Waals surface area contributed by atoms with Crippen molar-refractivity contribution in [1.29, 1.82) is 0 Å². The predicted molar refractivity (Wildman–Crippen MR) is 70.7 cm³/mol. The summed E-state index contributed by atoms with van der Waals surface area (Å²) in [5.41, 5.74) is 3.42. The molecule has 4 nitrogen and oxygen atoms in total. The second kappa shape index (κ2) is 5.67. The molecule has 0 spiro atoms.